The first-order valence-corrected chi connectivity index (χ1v) is 24.2. The van der Waals surface area contributed by atoms with Gasteiger partial charge in [0.25, 0.3) is 0 Å². The number of hydrogen-bond donors (Lipinski definition) is 12. The second kappa shape index (κ2) is 44.3. The average molecular weight is 1150 g/mol. The van der Waals surface area contributed by atoms with E-state index >= 15 is 0 Å². The van der Waals surface area contributed by atoms with Crippen LogP contribution >= 0.6 is 0 Å². The fourth-order valence-corrected chi connectivity index (χ4v) is 0. The van der Waals surface area contributed by atoms with E-state index < -0.39 is 100 Å². The molecule has 0 aliphatic heterocycles. The summed E-state index contributed by atoms with van der Waals surface area (Å²) in [5.74, 6) is 0. The maximum absolute atomic E-state index is 8.74. The fourth-order valence-electron chi connectivity index (χ4n) is 0. The van der Waals surface area contributed by atoms with Gasteiger partial charge in [0, 0.05) is 0 Å². The molecule has 0 aromatic rings. The third kappa shape index (κ3) is 77100. The minimum absolute atomic E-state index is 0. The van der Waals surface area contributed by atoms with Crippen LogP contribution in [0.3, 0.4) is 0 Å². The van der Waals surface area contributed by atoms with E-state index in [2.05, 4.69) is 0 Å². The van der Waals surface area contributed by atoms with Crippen molar-refractivity contribution < 1.29 is 208 Å². The van der Waals surface area contributed by atoms with Crippen LogP contribution < -0.4 is 59.5 Å². The molecular formula is H38Mo6N6O28. The summed E-state index contributed by atoms with van der Waals surface area (Å²) < 4.78 is 200. The van der Waals surface area contributed by atoms with Gasteiger partial charge in [-0.25, -0.2) is 0 Å². The zero-order valence-corrected chi connectivity index (χ0v) is 32.5. The first-order valence-electron chi connectivity index (χ1n) is 4.10. The Labute approximate surface area is 243 Å². The van der Waals surface area contributed by atoms with Gasteiger partial charge in [-0.2, -0.15) is 0 Å². The van der Waals surface area contributed by atoms with Crippen molar-refractivity contribution in [2.24, 2.45) is 0 Å². The van der Waals surface area contributed by atoms with Gasteiger partial charge in [-0.05, 0) is 0 Å². The standard InChI is InChI=1S/6Mo.6H3N.10H2O.18O/h;;;;;;6*1H3;10*1H2;;;;;;;;;;;;;;;;;;/q6*+1;;;;;;;;;;;;;;;;;;;;;;;;;;;;;6*-1. The maximum atomic E-state index is 8.74. The molecule has 38 N–H and O–H groups in total. The van der Waals surface area contributed by atoms with Crippen LogP contribution in [-0.2, 0) is 141 Å². The van der Waals surface area contributed by atoms with Crippen molar-refractivity contribution in [1.82, 2.24) is 36.9 Å². The molecule has 0 rings (SSSR count). The molecular weight excluding hydrogens is 1110 g/mol. The number of rotatable bonds is 0. The molecule has 0 atom stereocenters. The summed E-state index contributed by atoms with van der Waals surface area (Å²) in [6.45, 7) is 0. The van der Waals surface area contributed by atoms with Crippen LogP contribution in [0.4, 0.5) is 0 Å². The van der Waals surface area contributed by atoms with Crippen LogP contribution in [0.1, 0.15) is 0 Å². The number of quaternary nitrogens is 6. The van der Waals surface area contributed by atoms with Crippen molar-refractivity contribution in [3.63, 3.8) is 0 Å². The molecule has 0 unspecified atom stereocenters. The van der Waals surface area contributed by atoms with Gasteiger partial charge in [-0.3, -0.25) is 0 Å². The Morgan fingerprint density at radius 3 is 0.250 bits per heavy atom. The summed E-state index contributed by atoms with van der Waals surface area (Å²) >= 11 is -34.6. The molecule has 0 fully saturated rings. The Balaban J connectivity index is -0.0000000118. The first-order chi connectivity index (χ1) is 12.0. The van der Waals surface area contributed by atoms with Gasteiger partial charge >= 0.3 is 186 Å². The third-order valence-electron chi connectivity index (χ3n) is 0. The van der Waals surface area contributed by atoms with Crippen molar-refractivity contribution in [2.75, 3.05) is 0 Å². The molecule has 272 valence electrons. The molecule has 0 heterocycles. The summed E-state index contributed by atoms with van der Waals surface area (Å²) in [5.41, 5.74) is 0. The van der Waals surface area contributed by atoms with Crippen LogP contribution in [0, 0.1) is 0 Å². The van der Waals surface area contributed by atoms with E-state index in [9.17, 15) is 0 Å². The van der Waals surface area contributed by atoms with Crippen molar-refractivity contribution in [1.29, 1.82) is 0 Å². The molecule has 0 saturated carbocycles. The molecule has 40 heteroatoms. The van der Waals surface area contributed by atoms with Crippen molar-refractivity contribution >= 4 is 0 Å². The molecule has 34 nitrogen and oxygen atoms in total. The van der Waals surface area contributed by atoms with E-state index in [0.717, 1.165) is 0 Å². The summed E-state index contributed by atoms with van der Waals surface area (Å²) in [6.07, 6.45) is 0. The van der Waals surface area contributed by atoms with E-state index in [-0.39, 0.29) is 58.8 Å². The molecule has 0 bridgehead atoms. The summed E-state index contributed by atoms with van der Waals surface area (Å²) in [4.78, 5) is 0. The summed E-state index contributed by atoms with van der Waals surface area (Å²) in [7, 11) is 0. The van der Waals surface area contributed by atoms with Gasteiger partial charge in [0.2, 0.25) is 0 Å². The van der Waals surface area contributed by atoms with E-state index in [0.29, 0.717) is 0 Å². The zero-order chi connectivity index (χ0) is 27.0. The Bertz CT molecular complexity index is 779. The number of hydrogen-bond acceptors (Lipinski definition) is 18. The SMILES string of the molecule is O.O.O.O.[NH4+].[NH4+].[NH4+].[NH4+].[NH4+].[NH4+].[O]=[Mo](=[O])([O-])[OH].[O]=[Mo](=[O])([O-])[OH].[O]=[Mo](=[O])([O-])[OH].[O]=[Mo](=[O])([O-])[OH].[O]=[Mo](=[O])([O-])[OH].[O]=[Mo](=[O])([O-])[OH]. The molecule has 0 aliphatic carbocycles. The Hall–Kier alpha value is 0.850. The van der Waals surface area contributed by atoms with Crippen LogP contribution in [0.5, 0.6) is 0 Å². The van der Waals surface area contributed by atoms with Gasteiger partial charge in [0.05, 0.1) is 0 Å². The van der Waals surface area contributed by atoms with Crippen LogP contribution in [0.25, 0.3) is 0 Å². The van der Waals surface area contributed by atoms with Gasteiger partial charge < -0.3 is 58.8 Å². The van der Waals surface area contributed by atoms with Crippen molar-refractivity contribution in [2.45, 2.75) is 0 Å². The summed E-state index contributed by atoms with van der Waals surface area (Å²) in [6, 6.07) is 0. The topological polar surface area (TPSA) is 810 Å². The van der Waals surface area contributed by atoms with Gasteiger partial charge in [0.15, 0.2) is 0 Å². The second-order valence-corrected chi connectivity index (χ2v) is 15.2. The second-order valence-electron chi connectivity index (χ2n) is 2.57. The normalized spacial score (nSPS) is 8.70. The van der Waals surface area contributed by atoms with Gasteiger partial charge in [0.1, 0.15) is 0 Å². The van der Waals surface area contributed by atoms with Crippen LogP contribution in [-0.4, -0.2) is 44.5 Å². The zero-order valence-electron chi connectivity index (χ0n) is 20.5. The van der Waals surface area contributed by atoms with Crippen LogP contribution in [0.15, 0.2) is 0 Å². The van der Waals surface area contributed by atoms with Gasteiger partial charge in [-0.1, -0.05) is 0 Å². The molecule has 0 saturated heterocycles. The van der Waals surface area contributed by atoms with E-state index in [1.807, 2.05) is 0 Å². The monoisotopic (exact) mass is 1160 g/mol. The fraction of sp³-hybridized carbons (Fsp3) is 0. The Morgan fingerprint density at radius 1 is 0.250 bits per heavy atom. The van der Waals surface area contributed by atoms with Crippen molar-refractivity contribution in [3.05, 3.63) is 0 Å². The van der Waals surface area contributed by atoms with E-state index in [1.165, 1.54) is 0 Å². The first kappa shape index (κ1) is 105. The predicted molar refractivity (Wildman–Crippen MR) is 71.9 cm³/mol. The predicted octanol–water partition coefficient (Wildman–Crippen LogP) is -13.0. The average Bonchev–Trinajstić information content (AvgIpc) is 1.94. The molecule has 0 aliphatic rings. The quantitative estimate of drug-likeness (QED) is 0.100. The molecule has 0 radical (unpaired) electrons. The minimum atomic E-state index is -5.77. The van der Waals surface area contributed by atoms with E-state index in [1.54, 1.807) is 0 Å². The van der Waals surface area contributed by atoms with Crippen molar-refractivity contribution in [3.8, 4) is 0 Å². The molecule has 40 heavy (non-hydrogen) atoms. The van der Waals surface area contributed by atoms with Crippen LogP contribution in [0.2, 0.25) is 0 Å². The van der Waals surface area contributed by atoms with Gasteiger partial charge in [-0.15, -0.1) is 0 Å². The summed E-state index contributed by atoms with van der Waals surface area (Å²) in [5, 5.41) is 0. The molecule has 0 spiro atoms. The van der Waals surface area contributed by atoms with E-state index in [4.69, 9.17) is 85.9 Å². The molecule has 0 amide bonds. The molecule has 0 aromatic carbocycles. The molecule has 0 aromatic heterocycles. The Kier molecular flexibility index (Phi) is 116. The Morgan fingerprint density at radius 2 is 0.250 bits per heavy atom. The third-order valence-corrected chi connectivity index (χ3v) is 0.